The SMILES string of the molecule is COc1ccc(N2CCOCC2)c2sc(NC(=O)c3ccn(Cc4ccccc4)c(=O)c3)nc12. The molecule has 0 radical (unpaired) electrons. The molecule has 2 aromatic carbocycles. The molecule has 0 unspecified atom stereocenters. The summed E-state index contributed by atoms with van der Waals surface area (Å²) in [4.78, 5) is 32.4. The average Bonchev–Trinajstić information content (AvgIpc) is 3.29. The van der Waals surface area contributed by atoms with Crippen molar-refractivity contribution in [1.29, 1.82) is 0 Å². The second kappa shape index (κ2) is 9.66. The smallest absolute Gasteiger partial charge is 0.257 e. The van der Waals surface area contributed by atoms with Crippen molar-refractivity contribution in [2.45, 2.75) is 6.54 Å². The Hall–Kier alpha value is -3.69. The number of aromatic nitrogens is 2. The predicted molar refractivity (Wildman–Crippen MR) is 133 cm³/mol. The van der Waals surface area contributed by atoms with Crippen molar-refractivity contribution >= 4 is 38.3 Å². The first-order valence-corrected chi connectivity index (χ1v) is 11.8. The van der Waals surface area contributed by atoms with Crippen LogP contribution in [0.1, 0.15) is 15.9 Å². The lowest BCUT2D eigenvalue weighted by Crippen LogP contribution is -2.36. The van der Waals surface area contributed by atoms with E-state index in [1.54, 1.807) is 23.9 Å². The minimum Gasteiger partial charge on any atom is -0.494 e. The third kappa shape index (κ3) is 4.52. The summed E-state index contributed by atoms with van der Waals surface area (Å²) in [6.07, 6.45) is 1.64. The summed E-state index contributed by atoms with van der Waals surface area (Å²) in [5.74, 6) is 0.266. The molecule has 1 aliphatic heterocycles. The number of pyridine rings is 1. The maximum absolute atomic E-state index is 12.9. The summed E-state index contributed by atoms with van der Waals surface area (Å²) in [5.41, 5.74) is 2.80. The van der Waals surface area contributed by atoms with Crippen molar-refractivity contribution < 1.29 is 14.3 Å². The Morgan fingerprint density at radius 1 is 1.15 bits per heavy atom. The number of methoxy groups -OCH3 is 1. The van der Waals surface area contributed by atoms with Crippen LogP contribution in [0.15, 0.2) is 65.6 Å². The number of anilines is 2. The second-order valence-electron chi connectivity index (χ2n) is 7.90. The zero-order valence-corrected chi connectivity index (χ0v) is 19.5. The number of hydrogen-bond donors (Lipinski definition) is 1. The van der Waals surface area contributed by atoms with Crippen LogP contribution in [-0.4, -0.2) is 48.9 Å². The van der Waals surface area contributed by atoms with Gasteiger partial charge in [-0.1, -0.05) is 41.7 Å². The predicted octanol–water partition coefficient (Wildman–Crippen LogP) is 3.60. The van der Waals surface area contributed by atoms with Gasteiger partial charge in [-0.3, -0.25) is 14.9 Å². The van der Waals surface area contributed by atoms with E-state index in [-0.39, 0.29) is 17.0 Å². The summed E-state index contributed by atoms with van der Waals surface area (Å²) in [6, 6.07) is 16.6. The summed E-state index contributed by atoms with van der Waals surface area (Å²) >= 11 is 1.39. The number of morpholine rings is 1. The van der Waals surface area contributed by atoms with Gasteiger partial charge in [0.15, 0.2) is 5.13 Å². The Kier molecular flexibility index (Phi) is 6.29. The van der Waals surface area contributed by atoms with Crippen molar-refractivity contribution in [3.8, 4) is 5.75 Å². The molecule has 1 saturated heterocycles. The zero-order valence-electron chi connectivity index (χ0n) is 18.7. The third-order valence-electron chi connectivity index (χ3n) is 5.73. The lowest BCUT2D eigenvalue weighted by molar-refractivity contribution is 0.102. The van der Waals surface area contributed by atoms with Gasteiger partial charge in [-0.05, 0) is 23.8 Å². The number of hydrogen-bond acceptors (Lipinski definition) is 7. The molecule has 3 heterocycles. The zero-order chi connectivity index (χ0) is 23.5. The topological polar surface area (TPSA) is 85.7 Å². The molecule has 0 saturated carbocycles. The van der Waals surface area contributed by atoms with Gasteiger partial charge in [0, 0.05) is 30.9 Å². The highest BCUT2D eigenvalue weighted by Gasteiger charge is 2.20. The number of amides is 1. The Morgan fingerprint density at radius 3 is 2.68 bits per heavy atom. The molecule has 174 valence electrons. The van der Waals surface area contributed by atoms with E-state index in [1.165, 1.54) is 17.4 Å². The monoisotopic (exact) mass is 476 g/mol. The molecule has 9 heteroatoms. The number of thiazole rings is 1. The average molecular weight is 477 g/mol. The number of ether oxygens (including phenoxy) is 2. The summed E-state index contributed by atoms with van der Waals surface area (Å²) in [7, 11) is 1.60. The van der Waals surface area contributed by atoms with E-state index < -0.39 is 0 Å². The second-order valence-corrected chi connectivity index (χ2v) is 8.90. The van der Waals surface area contributed by atoms with Crippen molar-refractivity contribution in [1.82, 2.24) is 9.55 Å². The summed E-state index contributed by atoms with van der Waals surface area (Å²) < 4.78 is 13.5. The van der Waals surface area contributed by atoms with Gasteiger partial charge in [0.05, 0.1) is 37.3 Å². The van der Waals surface area contributed by atoms with Crippen molar-refractivity contribution in [2.24, 2.45) is 0 Å². The highest BCUT2D eigenvalue weighted by atomic mass is 32.1. The molecule has 1 fully saturated rings. The quantitative estimate of drug-likeness (QED) is 0.458. The Labute approximate surface area is 200 Å². The Morgan fingerprint density at radius 2 is 1.94 bits per heavy atom. The van der Waals surface area contributed by atoms with Crippen LogP contribution in [0, 0.1) is 0 Å². The Balaban J connectivity index is 1.39. The maximum Gasteiger partial charge on any atom is 0.257 e. The van der Waals surface area contributed by atoms with E-state index in [2.05, 4.69) is 15.2 Å². The highest BCUT2D eigenvalue weighted by molar-refractivity contribution is 7.23. The molecule has 2 aromatic heterocycles. The molecule has 4 aromatic rings. The van der Waals surface area contributed by atoms with E-state index in [1.807, 2.05) is 42.5 Å². The fourth-order valence-electron chi connectivity index (χ4n) is 3.97. The molecule has 0 aliphatic carbocycles. The van der Waals surface area contributed by atoms with Crippen molar-refractivity contribution in [3.63, 3.8) is 0 Å². The van der Waals surface area contributed by atoms with E-state index >= 15 is 0 Å². The molecule has 1 N–H and O–H groups in total. The van der Waals surface area contributed by atoms with E-state index in [0.717, 1.165) is 29.0 Å². The van der Waals surface area contributed by atoms with Crippen LogP contribution in [0.25, 0.3) is 10.2 Å². The number of carbonyl (C=O) groups is 1. The van der Waals surface area contributed by atoms with E-state index in [9.17, 15) is 9.59 Å². The van der Waals surface area contributed by atoms with Crippen LogP contribution >= 0.6 is 11.3 Å². The molecule has 0 atom stereocenters. The van der Waals surface area contributed by atoms with Gasteiger partial charge >= 0.3 is 0 Å². The summed E-state index contributed by atoms with van der Waals surface area (Å²) in [6.45, 7) is 3.38. The molecule has 8 nitrogen and oxygen atoms in total. The number of rotatable bonds is 6. The molecule has 5 rings (SSSR count). The fourth-order valence-corrected chi connectivity index (χ4v) is 4.99. The molecule has 34 heavy (non-hydrogen) atoms. The largest absolute Gasteiger partial charge is 0.494 e. The van der Waals surface area contributed by atoms with Crippen LogP contribution in [0.3, 0.4) is 0 Å². The van der Waals surface area contributed by atoms with Crippen molar-refractivity contribution in [3.05, 3.63) is 82.3 Å². The molecule has 0 bridgehead atoms. The van der Waals surface area contributed by atoms with Gasteiger partial charge in [0.2, 0.25) is 0 Å². The van der Waals surface area contributed by atoms with Gasteiger partial charge < -0.3 is 18.9 Å². The first kappa shape index (κ1) is 22.1. The molecular weight excluding hydrogens is 452 g/mol. The van der Waals surface area contributed by atoms with Gasteiger partial charge in [0.1, 0.15) is 11.3 Å². The van der Waals surface area contributed by atoms with Gasteiger partial charge in [0.25, 0.3) is 11.5 Å². The highest BCUT2D eigenvalue weighted by Crippen LogP contribution is 2.39. The van der Waals surface area contributed by atoms with E-state index in [0.29, 0.717) is 36.2 Å². The molecule has 0 spiro atoms. The third-order valence-corrected chi connectivity index (χ3v) is 6.73. The standard InChI is InChI=1S/C25H24N4O4S/c1-32-20-8-7-19(28-11-13-33-14-12-28)23-22(20)26-25(34-23)27-24(31)18-9-10-29(21(30)15-18)16-17-5-3-2-4-6-17/h2-10,15H,11-14,16H2,1H3,(H,26,27,31). The first-order chi connectivity index (χ1) is 16.6. The lowest BCUT2D eigenvalue weighted by Gasteiger charge is -2.29. The van der Waals surface area contributed by atoms with Crippen LogP contribution in [-0.2, 0) is 11.3 Å². The van der Waals surface area contributed by atoms with Crippen molar-refractivity contribution in [2.75, 3.05) is 43.6 Å². The van der Waals surface area contributed by atoms with Gasteiger partial charge in [-0.25, -0.2) is 4.98 Å². The number of nitrogens with one attached hydrogen (secondary N) is 1. The van der Waals surface area contributed by atoms with Gasteiger partial charge in [-0.15, -0.1) is 0 Å². The molecular formula is C25H24N4O4S. The number of fused-ring (bicyclic) bond motifs is 1. The first-order valence-electron chi connectivity index (χ1n) is 11.0. The Bertz CT molecular complexity index is 1380. The molecule has 1 amide bonds. The number of nitrogens with zero attached hydrogens (tertiary/aromatic N) is 3. The van der Waals surface area contributed by atoms with Crippen LogP contribution in [0.2, 0.25) is 0 Å². The number of carbonyl (C=O) groups excluding carboxylic acids is 1. The minimum absolute atomic E-state index is 0.239. The van der Waals surface area contributed by atoms with Gasteiger partial charge in [-0.2, -0.15) is 0 Å². The fraction of sp³-hybridized carbons (Fsp3) is 0.240. The maximum atomic E-state index is 12.9. The van der Waals surface area contributed by atoms with E-state index in [4.69, 9.17) is 9.47 Å². The summed E-state index contributed by atoms with van der Waals surface area (Å²) in [5, 5.41) is 3.30. The normalized spacial score (nSPS) is 13.7. The molecule has 1 aliphatic rings. The minimum atomic E-state index is -0.380. The van der Waals surface area contributed by atoms with Crippen LogP contribution in [0.4, 0.5) is 10.8 Å². The van der Waals surface area contributed by atoms with Crippen LogP contribution in [0.5, 0.6) is 5.75 Å². The lowest BCUT2D eigenvalue weighted by atomic mass is 10.2. The number of benzene rings is 2. The van der Waals surface area contributed by atoms with Crippen LogP contribution < -0.4 is 20.5 Å².